The molecule has 3 aromatic carbocycles. The number of phenolic OH excluding ortho intramolecular Hbond substituents is 1. The molecule has 0 fully saturated rings. The molecular formula is C27H22N2O4. The summed E-state index contributed by atoms with van der Waals surface area (Å²) in [6.07, 6.45) is 4.15. The van der Waals surface area contributed by atoms with Crippen LogP contribution in [-0.4, -0.2) is 34.2 Å². The Labute approximate surface area is 190 Å². The van der Waals surface area contributed by atoms with Crippen molar-refractivity contribution < 1.29 is 19.4 Å². The van der Waals surface area contributed by atoms with Crippen LogP contribution >= 0.6 is 0 Å². The summed E-state index contributed by atoms with van der Waals surface area (Å²) < 4.78 is 11.1. The normalized spacial score (nSPS) is 17.0. The zero-order valence-corrected chi connectivity index (χ0v) is 17.8. The fourth-order valence-corrected chi connectivity index (χ4v) is 4.76. The highest BCUT2D eigenvalue weighted by Gasteiger charge is 2.34. The monoisotopic (exact) mass is 438 g/mol. The second kappa shape index (κ2) is 7.74. The topological polar surface area (TPSA) is 74.8 Å². The summed E-state index contributed by atoms with van der Waals surface area (Å²) in [5.41, 5.74) is 5.18. The summed E-state index contributed by atoms with van der Waals surface area (Å²) in [7, 11) is 0. The lowest BCUT2D eigenvalue weighted by Gasteiger charge is -2.35. The molecule has 3 heterocycles. The summed E-state index contributed by atoms with van der Waals surface area (Å²) >= 11 is 0. The van der Waals surface area contributed by atoms with Gasteiger partial charge in [0.2, 0.25) is 12.7 Å². The van der Waals surface area contributed by atoms with Gasteiger partial charge in [0.25, 0.3) is 0 Å². The first kappa shape index (κ1) is 19.5. The standard InChI is InChI=1S/C27H22N2O4/c30-19-9-5-17(6-10-19)7-12-25(31)29-14-13-21-20-3-1-2-4-22(20)28-26(21)27(29)18-8-11-23-24(15-18)33-16-32-23/h1-12,15,27-28,30H,13-14,16H2. The summed E-state index contributed by atoms with van der Waals surface area (Å²) in [6, 6.07) is 20.6. The van der Waals surface area contributed by atoms with Crippen molar-refractivity contribution in [3.63, 3.8) is 0 Å². The maximum atomic E-state index is 13.4. The number of nitrogens with zero attached hydrogens (tertiary/aromatic N) is 1. The number of para-hydroxylation sites is 1. The molecule has 164 valence electrons. The highest BCUT2D eigenvalue weighted by molar-refractivity contribution is 5.93. The van der Waals surface area contributed by atoms with Crippen molar-refractivity contribution in [2.75, 3.05) is 13.3 Å². The molecule has 2 aliphatic heterocycles. The summed E-state index contributed by atoms with van der Waals surface area (Å²) in [4.78, 5) is 18.9. The lowest BCUT2D eigenvalue weighted by molar-refractivity contribution is -0.128. The van der Waals surface area contributed by atoms with Crippen LogP contribution in [0, 0.1) is 0 Å². The Hall–Kier alpha value is -4.19. The first-order chi connectivity index (χ1) is 16.2. The molecule has 33 heavy (non-hydrogen) atoms. The predicted octanol–water partition coefficient (Wildman–Crippen LogP) is 4.79. The molecule has 1 aromatic heterocycles. The van der Waals surface area contributed by atoms with E-state index in [9.17, 15) is 9.90 Å². The van der Waals surface area contributed by atoms with Crippen molar-refractivity contribution in [1.29, 1.82) is 0 Å². The molecule has 6 nitrogen and oxygen atoms in total. The van der Waals surface area contributed by atoms with Gasteiger partial charge in [0.1, 0.15) is 5.75 Å². The van der Waals surface area contributed by atoms with Gasteiger partial charge in [-0.05, 0) is 59.5 Å². The van der Waals surface area contributed by atoms with E-state index < -0.39 is 0 Å². The largest absolute Gasteiger partial charge is 0.508 e. The third-order valence-electron chi connectivity index (χ3n) is 6.34. The van der Waals surface area contributed by atoms with Crippen LogP contribution in [0.15, 0.2) is 72.8 Å². The summed E-state index contributed by atoms with van der Waals surface area (Å²) in [6.45, 7) is 0.811. The molecule has 0 radical (unpaired) electrons. The van der Waals surface area contributed by atoms with Crippen LogP contribution in [0.1, 0.15) is 28.4 Å². The first-order valence-corrected chi connectivity index (χ1v) is 10.9. The Morgan fingerprint density at radius 1 is 1.03 bits per heavy atom. The number of aromatic hydroxyl groups is 1. The number of aromatic nitrogens is 1. The van der Waals surface area contributed by atoms with E-state index in [2.05, 4.69) is 17.1 Å². The van der Waals surface area contributed by atoms with Crippen LogP contribution in [0.5, 0.6) is 17.2 Å². The third-order valence-corrected chi connectivity index (χ3v) is 6.34. The fourth-order valence-electron chi connectivity index (χ4n) is 4.76. The molecule has 2 aliphatic rings. The minimum Gasteiger partial charge on any atom is -0.508 e. The Balaban J connectivity index is 1.42. The van der Waals surface area contributed by atoms with Gasteiger partial charge < -0.3 is 24.5 Å². The van der Waals surface area contributed by atoms with E-state index in [-0.39, 0.29) is 24.5 Å². The highest BCUT2D eigenvalue weighted by atomic mass is 16.7. The number of carbonyl (C=O) groups is 1. The SMILES string of the molecule is O=C(C=Cc1ccc(O)cc1)N1CCc2c([nH]c3ccccc23)C1c1ccc2c(c1)OCO2. The van der Waals surface area contributed by atoms with Crippen molar-refractivity contribution in [2.45, 2.75) is 12.5 Å². The number of fused-ring (bicyclic) bond motifs is 4. The van der Waals surface area contributed by atoms with Gasteiger partial charge in [0.05, 0.1) is 6.04 Å². The van der Waals surface area contributed by atoms with Gasteiger partial charge in [-0.2, -0.15) is 0 Å². The molecule has 0 saturated heterocycles. The molecule has 4 aromatic rings. The molecule has 0 saturated carbocycles. The zero-order valence-electron chi connectivity index (χ0n) is 17.8. The fraction of sp³-hybridized carbons (Fsp3) is 0.148. The number of carbonyl (C=O) groups excluding carboxylic acids is 1. The molecule has 0 spiro atoms. The lowest BCUT2D eigenvalue weighted by Crippen LogP contribution is -2.39. The average molecular weight is 438 g/mol. The molecule has 0 bridgehead atoms. The van der Waals surface area contributed by atoms with Crippen LogP contribution in [0.4, 0.5) is 0 Å². The maximum Gasteiger partial charge on any atom is 0.247 e. The molecule has 6 rings (SSSR count). The van der Waals surface area contributed by atoms with E-state index in [4.69, 9.17) is 9.47 Å². The maximum absolute atomic E-state index is 13.4. The number of H-pyrrole nitrogens is 1. The number of aromatic amines is 1. The van der Waals surface area contributed by atoms with Crippen LogP contribution in [0.3, 0.4) is 0 Å². The van der Waals surface area contributed by atoms with E-state index in [1.165, 1.54) is 10.9 Å². The van der Waals surface area contributed by atoms with Gasteiger partial charge in [-0.3, -0.25) is 4.79 Å². The summed E-state index contributed by atoms with van der Waals surface area (Å²) in [5.74, 6) is 1.54. The molecule has 6 heteroatoms. The predicted molar refractivity (Wildman–Crippen MR) is 125 cm³/mol. The van der Waals surface area contributed by atoms with Crippen molar-refractivity contribution >= 4 is 22.9 Å². The summed E-state index contributed by atoms with van der Waals surface area (Å²) in [5, 5.41) is 10.7. The molecule has 2 N–H and O–H groups in total. The van der Waals surface area contributed by atoms with Gasteiger partial charge in [-0.25, -0.2) is 0 Å². The quantitative estimate of drug-likeness (QED) is 0.451. The van der Waals surface area contributed by atoms with Gasteiger partial charge in [0.15, 0.2) is 11.5 Å². The Kier molecular flexibility index (Phi) is 4.57. The minimum atomic E-state index is -0.271. The van der Waals surface area contributed by atoms with E-state index in [0.717, 1.165) is 34.5 Å². The van der Waals surface area contributed by atoms with Crippen molar-refractivity contribution in [2.24, 2.45) is 0 Å². The molecule has 1 unspecified atom stereocenters. The molecule has 1 atom stereocenters. The Morgan fingerprint density at radius 3 is 2.73 bits per heavy atom. The van der Waals surface area contributed by atoms with E-state index >= 15 is 0 Å². The number of hydrogen-bond acceptors (Lipinski definition) is 4. The first-order valence-electron chi connectivity index (χ1n) is 10.9. The zero-order chi connectivity index (χ0) is 22.4. The average Bonchev–Trinajstić information content (AvgIpc) is 3.46. The van der Waals surface area contributed by atoms with Crippen molar-refractivity contribution in [1.82, 2.24) is 9.88 Å². The van der Waals surface area contributed by atoms with Gasteiger partial charge >= 0.3 is 0 Å². The van der Waals surface area contributed by atoms with E-state index in [0.29, 0.717) is 12.3 Å². The highest BCUT2D eigenvalue weighted by Crippen LogP contribution is 2.42. The number of nitrogens with one attached hydrogen (secondary N) is 1. The van der Waals surface area contributed by atoms with E-state index in [1.807, 2.05) is 35.2 Å². The minimum absolute atomic E-state index is 0.0740. The second-order valence-electron chi connectivity index (χ2n) is 8.28. The smallest absolute Gasteiger partial charge is 0.247 e. The number of hydrogen-bond donors (Lipinski definition) is 2. The third kappa shape index (κ3) is 3.40. The van der Waals surface area contributed by atoms with Gasteiger partial charge in [0, 0.05) is 29.2 Å². The van der Waals surface area contributed by atoms with Crippen LogP contribution < -0.4 is 9.47 Å². The Morgan fingerprint density at radius 2 is 1.85 bits per heavy atom. The number of phenols is 1. The second-order valence-corrected chi connectivity index (χ2v) is 8.28. The van der Waals surface area contributed by atoms with E-state index in [1.54, 1.807) is 36.4 Å². The molecule has 0 aliphatic carbocycles. The number of amides is 1. The van der Waals surface area contributed by atoms with Gasteiger partial charge in [-0.15, -0.1) is 0 Å². The van der Waals surface area contributed by atoms with Crippen LogP contribution in [-0.2, 0) is 11.2 Å². The number of benzene rings is 3. The number of ether oxygens (including phenoxy) is 2. The molecular weight excluding hydrogens is 416 g/mol. The lowest BCUT2D eigenvalue weighted by atomic mass is 9.92. The van der Waals surface area contributed by atoms with Crippen LogP contribution in [0.25, 0.3) is 17.0 Å². The number of rotatable bonds is 3. The van der Waals surface area contributed by atoms with Gasteiger partial charge in [-0.1, -0.05) is 36.4 Å². The Bertz CT molecular complexity index is 1390. The van der Waals surface area contributed by atoms with Crippen molar-refractivity contribution in [3.05, 3.63) is 95.2 Å². The van der Waals surface area contributed by atoms with Crippen molar-refractivity contribution in [3.8, 4) is 17.2 Å². The van der Waals surface area contributed by atoms with Crippen LogP contribution in [0.2, 0.25) is 0 Å². The molecule has 1 amide bonds.